The topological polar surface area (TPSA) is 38.0 Å². The third kappa shape index (κ3) is 2.01. The van der Waals surface area contributed by atoms with Gasteiger partial charge in [-0.15, -0.1) is 0 Å². The van der Waals surface area contributed by atoms with Gasteiger partial charge >= 0.3 is 0 Å². The second kappa shape index (κ2) is 3.38. The number of hydrogen-bond acceptors (Lipinski definition) is 2. The van der Waals surface area contributed by atoms with Crippen molar-refractivity contribution in [3.05, 3.63) is 29.8 Å². The van der Waals surface area contributed by atoms with Crippen molar-refractivity contribution >= 4 is 5.69 Å². The monoisotopic (exact) mass is 176 g/mol. The van der Waals surface area contributed by atoms with Crippen LogP contribution >= 0.6 is 0 Å². The van der Waals surface area contributed by atoms with Gasteiger partial charge in [0.15, 0.2) is 0 Å². The van der Waals surface area contributed by atoms with Crippen molar-refractivity contribution in [1.29, 1.82) is 0 Å². The van der Waals surface area contributed by atoms with E-state index in [0.29, 0.717) is 6.04 Å². The second-order valence-electron chi connectivity index (χ2n) is 3.79. The van der Waals surface area contributed by atoms with Crippen LogP contribution in [0, 0.1) is 0 Å². The molecule has 70 valence electrons. The molecule has 1 aromatic carbocycles. The zero-order valence-electron chi connectivity index (χ0n) is 7.96. The van der Waals surface area contributed by atoms with Gasteiger partial charge in [-0.2, -0.15) is 0 Å². The third-order valence-electron chi connectivity index (χ3n) is 2.39. The molecule has 1 aliphatic rings. The normalized spacial score (nSPS) is 18.3. The first-order valence-electron chi connectivity index (χ1n) is 4.88. The molecule has 0 aliphatic heterocycles. The molecule has 2 nitrogen and oxygen atoms in total. The maximum absolute atomic E-state index is 5.87. The summed E-state index contributed by atoms with van der Waals surface area (Å²) < 4.78 is 0. The van der Waals surface area contributed by atoms with E-state index in [1.54, 1.807) is 0 Å². The van der Waals surface area contributed by atoms with Crippen molar-refractivity contribution < 1.29 is 0 Å². The molecule has 2 rings (SSSR count). The number of para-hydroxylation sites is 1. The molecule has 0 saturated heterocycles. The van der Waals surface area contributed by atoms with Crippen LogP contribution in [0.1, 0.15) is 31.4 Å². The van der Waals surface area contributed by atoms with Crippen LogP contribution in [0.5, 0.6) is 0 Å². The highest BCUT2D eigenvalue weighted by molar-refractivity contribution is 5.53. The summed E-state index contributed by atoms with van der Waals surface area (Å²) in [6.07, 6.45) is 2.60. The average Bonchev–Trinajstić information content (AvgIpc) is 2.89. The third-order valence-corrected chi connectivity index (χ3v) is 2.39. The number of benzene rings is 1. The molecule has 1 atom stereocenters. The molecule has 13 heavy (non-hydrogen) atoms. The summed E-state index contributed by atoms with van der Waals surface area (Å²) in [5, 5.41) is 3.49. The highest BCUT2D eigenvalue weighted by Crippen LogP contribution is 2.28. The lowest BCUT2D eigenvalue weighted by Gasteiger charge is -2.13. The number of anilines is 1. The average molecular weight is 176 g/mol. The van der Waals surface area contributed by atoms with E-state index in [0.717, 1.165) is 0 Å². The highest BCUT2D eigenvalue weighted by atomic mass is 15.0. The number of rotatable bonds is 3. The molecule has 0 heterocycles. The number of hydrogen-bond donors (Lipinski definition) is 2. The molecule has 1 unspecified atom stereocenters. The van der Waals surface area contributed by atoms with Crippen LogP contribution in [-0.4, -0.2) is 6.04 Å². The van der Waals surface area contributed by atoms with E-state index in [9.17, 15) is 0 Å². The van der Waals surface area contributed by atoms with Gasteiger partial charge in [0.25, 0.3) is 0 Å². The Hall–Kier alpha value is -1.02. The fraction of sp³-hybridized carbons (Fsp3) is 0.455. The van der Waals surface area contributed by atoms with E-state index in [1.807, 2.05) is 13.0 Å². The Morgan fingerprint density at radius 2 is 2.08 bits per heavy atom. The highest BCUT2D eigenvalue weighted by Gasteiger charge is 2.21. The molecular formula is C11H16N2. The minimum Gasteiger partial charge on any atom is -0.382 e. The SMILES string of the molecule is CC(N)c1ccccc1NC1CC1. The largest absolute Gasteiger partial charge is 0.382 e. The predicted molar refractivity (Wildman–Crippen MR) is 55.7 cm³/mol. The molecule has 1 saturated carbocycles. The molecule has 0 aromatic heterocycles. The molecule has 2 heteroatoms. The fourth-order valence-electron chi connectivity index (χ4n) is 1.47. The fourth-order valence-corrected chi connectivity index (χ4v) is 1.47. The molecule has 1 aromatic rings. The summed E-state index contributed by atoms with van der Waals surface area (Å²) in [6.45, 7) is 2.02. The van der Waals surface area contributed by atoms with Crippen molar-refractivity contribution in [3.63, 3.8) is 0 Å². The zero-order valence-corrected chi connectivity index (χ0v) is 7.96. The molecular weight excluding hydrogens is 160 g/mol. The molecule has 0 amide bonds. The first-order valence-corrected chi connectivity index (χ1v) is 4.88. The summed E-state index contributed by atoms with van der Waals surface area (Å²) >= 11 is 0. The van der Waals surface area contributed by atoms with Gasteiger partial charge in [0.1, 0.15) is 0 Å². The van der Waals surface area contributed by atoms with Crippen molar-refractivity contribution in [2.75, 3.05) is 5.32 Å². The van der Waals surface area contributed by atoms with Gasteiger partial charge in [-0.25, -0.2) is 0 Å². The van der Waals surface area contributed by atoms with Crippen molar-refractivity contribution in [3.8, 4) is 0 Å². The van der Waals surface area contributed by atoms with Crippen molar-refractivity contribution in [2.24, 2.45) is 5.73 Å². The van der Waals surface area contributed by atoms with Crippen LogP contribution in [0.25, 0.3) is 0 Å². The van der Waals surface area contributed by atoms with E-state index >= 15 is 0 Å². The molecule has 3 N–H and O–H groups in total. The maximum atomic E-state index is 5.87. The van der Waals surface area contributed by atoms with Gasteiger partial charge in [0, 0.05) is 17.8 Å². The van der Waals surface area contributed by atoms with E-state index < -0.39 is 0 Å². The minimum atomic E-state index is 0.113. The summed E-state index contributed by atoms with van der Waals surface area (Å²) in [6, 6.07) is 9.10. The Bertz CT molecular complexity index is 290. The van der Waals surface area contributed by atoms with Crippen molar-refractivity contribution in [1.82, 2.24) is 0 Å². The Labute approximate surface area is 79.1 Å². The van der Waals surface area contributed by atoms with Gasteiger partial charge in [-0.1, -0.05) is 18.2 Å². The molecule has 1 fully saturated rings. The van der Waals surface area contributed by atoms with Crippen LogP contribution in [0.15, 0.2) is 24.3 Å². The van der Waals surface area contributed by atoms with E-state index in [4.69, 9.17) is 5.73 Å². The summed E-state index contributed by atoms with van der Waals surface area (Å²) in [4.78, 5) is 0. The standard InChI is InChI=1S/C11H16N2/c1-8(12)10-4-2-3-5-11(10)13-9-6-7-9/h2-5,8-9,13H,6-7,12H2,1H3. The number of nitrogens with two attached hydrogens (primary N) is 1. The van der Waals surface area contributed by atoms with Gasteiger partial charge in [0.2, 0.25) is 0 Å². The molecule has 0 spiro atoms. The predicted octanol–water partition coefficient (Wildman–Crippen LogP) is 2.28. The Balaban J connectivity index is 2.20. The Morgan fingerprint density at radius 3 is 2.69 bits per heavy atom. The van der Waals surface area contributed by atoms with E-state index in [2.05, 4.69) is 23.5 Å². The first-order chi connectivity index (χ1) is 6.27. The van der Waals surface area contributed by atoms with Crippen molar-refractivity contribution in [2.45, 2.75) is 31.8 Å². The molecule has 0 radical (unpaired) electrons. The van der Waals surface area contributed by atoms with Crippen LogP contribution < -0.4 is 11.1 Å². The second-order valence-corrected chi connectivity index (χ2v) is 3.79. The van der Waals surface area contributed by atoms with Gasteiger partial charge in [-0.3, -0.25) is 0 Å². The van der Waals surface area contributed by atoms with Crippen LogP contribution in [-0.2, 0) is 0 Å². The van der Waals surface area contributed by atoms with Crippen LogP contribution in [0.3, 0.4) is 0 Å². The Kier molecular flexibility index (Phi) is 2.23. The minimum absolute atomic E-state index is 0.113. The smallest absolute Gasteiger partial charge is 0.0390 e. The quantitative estimate of drug-likeness (QED) is 0.741. The van der Waals surface area contributed by atoms with E-state index in [-0.39, 0.29) is 6.04 Å². The Morgan fingerprint density at radius 1 is 1.38 bits per heavy atom. The lowest BCUT2D eigenvalue weighted by atomic mass is 10.1. The summed E-state index contributed by atoms with van der Waals surface area (Å²) in [5.74, 6) is 0. The zero-order chi connectivity index (χ0) is 9.26. The first kappa shape index (κ1) is 8.57. The van der Waals surface area contributed by atoms with Crippen LogP contribution in [0.4, 0.5) is 5.69 Å². The lowest BCUT2D eigenvalue weighted by molar-refractivity contribution is 0.818. The molecule has 1 aliphatic carbocycles. The maximum Gasteiger partial charge on any atom is 0.0390 e. The number of nitrogens with one attached hydrogen (secondary N) is 1. The summed E-state index contributed by atoms with van der Waals surface area (Å²) in [7, 11) is 0. The van der Waals surface area contributed by atoms with Gasteiger partial charge < -0.3 is 11.1 Å². The van der Waals surface area contributed by atoms with Gasteiger partial charge in [-0.05, 0) is 31.4 Å². The van der Waals surface area contributed by atoms with Gasteiger partial charge in [0.05, 0.1) is 0 Å². The van der Waals surface area contributed by atoms with E-state index in [1.165, 1.54) is 24.1 Å². The lowest BCUT2D eigenvalue weighted by Crippen LogP contribution is -2.10. The molecule has 0 bridgehead atoms. The van der Waals surface area contributed by atoms with Crippen LogP contribution in [0.2, 0.25) is 0 Å². The summed E-state index contributed by atoms with van der Waals surface area (Å²) in [5.41, 5.74) is 8.30.